The summed E-state index contributed by atoms with van der Waals surface area (Å²) in [5.74, 6) is 0. The number of nitrogens with one attached hydrogen (secondary N) is 1. The molecule has 1 amide bonds. The zero-order valence-corrected chi connectivity index (χ0v) is 11.6. The van der Waals surface area contributed by atoms with Crippen LogP contribution in [0.5, 0.6) is 0 Å². The van der Waals surface area contributed by atoms with Crippen LogP contribution in [-0.2, 0) is 30.4 Å². The minimum absolute atomic E-state index is 0.0748. The van der Waals surface area contributed by atoms with E-state index < -0.39 is 22.3 Å². The van der Waals surface area contributed by atoms with Gasteiger partial charge in [-0.3, -0.25) is 4.18 Å². The van der Waals surface area contributed by atoms with Crippen LogP contribution >= 0.6 is 0 Å². The van der Waals surface area contributed by atoms with Gasteiger partial charge < -0.3 is 14.8 Å². The van der Waals surface area contributed by atoms with Gasteiger partial charge in [-0.25, -0.2) is 4.79 Å². The van der Waals surface area contributed by atoms with Gasteiger partial charge in [0, 0.05) is 0 Å². The van der Waals surface area contributed by atoms with Crippen LogP contribution in [0.3, 0.4) is 0 Å². The van der Waals surface area contributed by atoms with Gasteiger partial charge in [0.15, 0.2) is 6.29 Å². The zero-order chi connectivity index (χ0) is 15.0. The molecule has 20 heavy (non-hydrogen) atoms. The molecule has 0 saturated heterocycles. The van der Waals surface area contributed by atoms with Gasteiger partial charge in [0.05, 0.1) is 12.8 Å². The molecule has 7 nitrogen and oxygen atoms in total. The van der Waals surface area contributed by atoms with E-state index in [2.05, 4.69) is 9.50 Å². The molecule has 0 saturated carbocycles. The van der Waals surface area contributed by atoms with E-state index in [1.807, 2.05) is 6.07 Å². The van der Waals surface area contributed by atoms with Gasteiger partial charge in [-0.15, -0.1) is 0 Å². The molecule has 0 spiro atoms. The average molecular weight is 301 g/mol. The lowest BCUT2D eigenvalue weighted by molar-refractivity contribution is -0.113. The fourth-order valence-corrected chi connectivity index (χ4v) is 1.85. The van der Waals surface area contributed by atoms with Crippen LogP contribution in [0, 0.1) is 0 Å². The highest BCUT2D eigenvalue weighted by Crippen LogP contribution is 2.00. The Morgan fingerprint density at radius 1 is 1.35 bits per heavy atom. The van der Waals surface area contributed by atoms with Crippen molar-refractivity contribution in [1.82, 2.24) is 5.32 Å². The summed E-state index contributed by atoms with van der Waals surface area (Å²) in [4.78, 5) is 21.9. The van der Waals surface area contributed by atoms with Crippen LogP contribution in [0.1, 0.15) is 5.56 Å². The maximum absolute atomic E-state index is 11.3. The van der Waals surface area contributed by atoms with Crippen LogP contribution in [0.25, 0.3) is 0 Å². The smallest absolute Gasteiger partial charge is 0.407 e. The fraction of sp³-hybridized carbons (Fsp3) is 0.333. The quantitative estimate of drug-likeness (QED) is 0.580. The van der Waals surface area contributed by atoms with Crippen molar-refractivity contribution in [3.8, 4) is 0 Å². The average Bonchev–Trinajstić information content (AvgIpc) is 2.41. The SMILES string of the molecule is CS(=O)(=O)OC(C=O)CNC(=O)OCc1ccccc1. The largest absolute Gasteiger partial charge is 0.445 e. The normalized spacial score (nSPS) is 12.4. The Balaban J connectivity index is 2.33. The molecular weight excluding hydrogens is 286 g/mol. The molecule has 8 heteroatoms. The minimum atomic E-state index is -3.76. The summed E-state index contributed by atoms with van der Waals surface area (Å²) in [6.07, 6.45) is -0.928. The molecule has 0 radical (unpaired) electrons. The van der Waals surface area contributed by atoms with Crippen LogP contribution in [0.2, 0.25) is 0 Å². The van der Waals surface area contributed by atoms with E-state index in [0.717, 1.165) is 11.8 Å². The van der Waals surface area contributed by atoms with Gasteiger partial charge in [-0.05, 0) is 5.56 Å². The van der Waals surface area contributed by atoms with Crippen LogP contribution in [0.4, 0.5) is 4.79 Å². The lowest BCUT2D eigenvalue weighted by atomic mass is 10.2. The number of rotatable bonds is 7. The van der Waals surface area contributed by atoms with Gasteiger partial charge in [0.2, 0.25) is 0 Å². The Hall–Kier alpha value is -1.93. The van der Waals surface area contributed by atoms with Crippen molar-refractivity contribution >= 4 is 22.5 Å². The number of alkyl carbamates (subject to hydrolysis) is 1. The van der Waals surface area contributed by atoms with Crippen molar-refractivity contribution in [1.29, 1.82) is 0 Å². The number of amides is 1. The second-order valence-corrected chi connectivity index (χ2v) is 5.52. The van der Waals surface area contributed by atoms with Crippen molar-refractivity contribution in [3.63, 3.8) is 0 Å². The standard InChI is InChI=1S/C12H15NO6S/c1-20(16,17)19-11(8-14)7-13-12(15)18-9-10-5-3-2-4-6-10/h2-6,8,11H,7,9H2,1H3,(H,13,15). The number of hydrogen-bond donors (Lipinski definition) is 1. The van der Waals surface area contributed by atoms with Crippen molar-refractivity contribution in [2.24, 2.45) is 0 Å². The van der Waals surface area contributed by atoms with Crippen LogP contribution < -0.4 is 5.32 Å². The molecule has 1 aromatic rings. The maximum atomic E-state index is 11.3. The summed E-state index contributed by atoms with van der Waals surface area (Å²) in [6, 6.07) is 9.02. The van der Waals surface area contributed by atoms with Crippen molar-refractivity contribution in [3.05, 3.63) is 35.9 Å². The van der Waals surface area contributed by atoms with E-state index in [1.165, 1.54) is 0 Å². The summed E-state index contributed by atoms with van der Waals surface area (Å²) in [5.41, 5.74) is 0.807. The first-order valence-corrected chi connectivity index (χ1v) is 7.50. The highest BCUT2D eigenvalue weighted by Gasteiger charge is 2.16. The third-order valence-electron chi connectivity index (χ3n) is 2.11. The monoisotopic (exact) mass is 301 g/mol. The van der Waals surface area contributed by atoms with Crippen LogP contribution in [-0.4, -0.2) is 39.7 Å². The number of hydrogen-bond acceptors (Lipinski definition) is 6. The van der Waals surface area contributed by atoms with E-state index in [9.17, 15) is 18.0 Å². The molecule has 1 N–H and O–H groups in total. The van der Waals surface area contributed by atoms with Crippen LogP contribution in [0.15, 0.2) is 30.3 Å². The van der Waals surface area contributed by atoms with Gasteiger partial charge in [-0.1, -0.05) is 30.3 Å². The zero-order valence-electron chi connectivity index (χ0n) is 10.8. The Morgan fingerprint density at radius 3 is 2.55 bits per heavy atom. The Labute approximate surface area is 117 Å². The minimum Gasteiger partial charge on any atom is -0.445 e. The molecule has 0 heterocycles. The predicted molar refractivity (Wildman–Crippen MR) is 70.4 cm³/mol. The van der Waals surface area contributed by atoms with Crippen molar-refractivity contribution in [2.45, 2.75) is 12.7 Å². The summed E-state index contributed by atoms with van der Waals surface area (Å²) in [5, 5.41) is 2.24. The summed E-state index contributed by atoms with van der Waals surface area (Å²) in [6.45, 7) is -0.213. The summed E-state index contributed by atoms with van der Waals surface area (Å²) < 4.78 is 31.0. The molecule has 0 aliphatic rings. The van der Waals surface area contributed by atoms with Gasteiger partial charge in [0.1, 0.15) is 12.7 Å². The summed E-state index contributed by atoms with van der Waals surface area (Å²) >= 11 is 0. The van der Waals surface area contributed by atoms with E-state index in [-0.39, 0.29) is 13.2 Å². The van der Waals surface area contributed by atoms with E-state index in [4.69, 9.17) is 4.74 Å². The van der Waals surface area contributed by atoms with Crippen molar-refractivity contribution in [2.75, 3.05) is 12.8 Å². The first-order valence-electron chi connectivity index (χ1n) is 5.69. The number of benzene rings is 1. The van der Waals surface area contributed by atoms with E-state index >= 15 is 0 Å². The Kier molecular flexibility index (Phi) is 6.13. The van der Waals surface area contributed by atoms with Gasteiger partial charge in [0.25, 0.3) is 10.1 Å². The third-order valence-corrected chi connectivity index (χ3v) is 2.71. The Morgan fingerprint density at radius 2 is 2.00 bits per heavy atom. The van der Waals surface area contributed by atoms with Gasteiger partial charge >= 0.3 is 6.09 Å². The molecule has 1 unspecified atom stereocenters. The second kappa shape index (κ2) is 7.61. The topological polar surface area (TPSA) is 98.8 Å². The molecule has 1 atom stereocenters. The second-order valence-electron chi connectivity index (χ2n) is 3.92. The first-order chi connectivity index (χ1) is 9.40. The number of ether oxygens (including phenoxy) is 1. The van der Waals surface area contributed by atoms with E-state index in [1.54, 1.807) is 24.3 Å². The molecule has 0 aromatic heterocycles. The highest BCUT2D eigenvalue weighted by molar-refractivity contribution is 7.86. The van der Waals surface area contributed by atoms with Gasteiger partial charge in [-0.2, -0.15) is 8.42 Å². The molecule has 0 aliphatic heterocycles. The molecule has 0 fully saturated rings. The predicted octanol–water partition coefficient (Wildman–Crippen LogP) is 0.456. The fourth-order valence-electron chi connectivity index (χ4n) is 1.29. The summed E-state index contributed by atoms with van der Waals surface area (Å²) in [7, 11) is -3.76. The molecule has 110 valence electrons. The molecule has 0 bridgehead atoms. The molecule has 0 aliphatic carbocycles. The lowest BCUT2D eigenvalue weighted by Crippen LogP contribution is -2.35. The lowest BCUT2D eigenvalue weighted by Gasteiger charge is -2.11. The number of carbonyl (C=O) groups excluding carboxylic acids is 2. The molecule has 1 aromatic carbocycles. The van der Waals surface area contributed by atoms with E-state index in [0.29, 0.717) is 6.29 Å². The third kappa shape index (κ3) is 6.86. The number of carbonyl (C=O) groups is 2. The van der Waals surface area contributed by atoms with Crippen molar-refractivity contribution < 1.29 is 26.9 Å². The molecule has 1 rings (SSSR count). The number of aldehydes is 1. The highest BCUT2D eigenvalue weighted by atomic mass is 32.2. The maximum Gasteiger partial charge on any atom is 0.407 e. The molecular formula is C12H15NO6S. The first kappa shape index (κ1) is 16.1. The Bertz CT molecular complexity index is 542.